The number of benzene rings is 1. The van der Waals surface area contributed by atoms with E-state index in [0.717, 1.165) is 6.42 Å². The second kappa shape index (κ2) is 5.72. The zero-order chi connectivity index (χ0) is 14.9. The van der Waals surface area contributed by atoms with E-state index in [4.69, 9.17) is 16.9 Å². The van der Waals surface area contributed by atoms with Gasteiger partial charge in [0.05, 0.1) is 16.7 Å². The van der Waals surface area contributed by atoms with Crippen LogP contribution in [0.3, 0.4) is 0 Å². The van der Waals surface area contributed by atoms with Crippen LogP contribution in [0.5, 0.6) is 0 Å². The van der Waals surface area contributed by atoms with Gasteiger partial charge in [0.15, 0.2) is 0 Å². The maximum absolute atomic E-state index is 12.6. The Morgan fingerprint density at radius 1 is 1.35 bits per heavy atom. The van der Waals surface area contributed by atoms with Crippen molar-refractivity contribution in [3.05, 3.63) is 28.8 Å². The fourth-order valence-electron chi connectivity index (χ4n) is 2.36. The van der Waals surface area contributed by atoms with E-state index in [9.17, 15) is 8.42 Å². The van der Waals surface area contributed by atoms with Crippen molar-refractivity contribution in [1.82, 2.24) is 4.31 Å². The van der Waals surface area contributed by atoms with Crippen molar-refractivity contribution in [1.29, 1.82) is 5.26 Å². The molecule has 0 aliphatic carbocycles. The van der Waals surface area contributed by atoms with Crippen LogP contribution in [-0.2, 0) is 10.0 Å². The van der Waals surface area contributed by atoms with E-state index >= 15 is 0 Å². The quantitative estimate of drug-likeness (QED) is 0.843. The van der Waals surface area contributed by atoms with Crippen molar-refractivity contribution in [2.24, 2.45) is 11.8 Å². The SMILES string of the molecule is CC1CCN(S(=O)(=O)c2ccc(C#N)cc2Cl)CC1C. The fraction of sp³-hybridized carbons (Fsp3) is 0.500. The third-order valence-electron chi connectivity index (χ3n) is 3.98. The van der Waals surface area contributed by atoms with E-state index in [1.165, 1.54) is 22.5 Å². The largest absolute Gasteiger partial charge is 0.244 e. The summed E-state index contributed by atoms with van der Waals surface area (Å²) < 4.78 is 26.7. The molecule has 0 spiro atoms. The molecule has 0 amide bonds. The lowest BCUT2D eigenvalue weighted by atomic mass is 9.90. The lowest BCUT2D eigenvalue weighted by Crippen LogP contribution is -2.42. The van der Waals surface area contributed by atoms with Crippen LogP contribution in [0.2, 0.25) is 5.02 Å². The van der Waals surface area contributed by atoms with Gasteiger partial charge in [-0.2, -0.15) is 9.57 Å². The Kier molecular flexibility index (Phi) is 4.38. The summed E-state index contributed by atoms with van der Waals surface area (Å²) in [6.07, 6.45) is 0.855. The summed E-state index contributed by atoms with van der Waals surface area (Å²) in [6, 6.07) is 6.24. The molecule has 2 atom stereocenters. The standard InChI is InChI=1S/C14H17ClN2O2S/c1-10-5-6-17(9-11(10)2)20(18,19)14-4-3-12(8-16)7-13(14)15/h3-4,7,10-11H,5-6,9H2,1-2H3. The fourth-order valence-corrected chi connectivity index (χ4v) is 4.44. The Morgan fingerprint density at radius 2 is 2.05 bits per heavy atom. The van der Waals surface area contributed by atoms with Gasteiger partial charge in [-0.3, -0.25) is 0 Å². The molecular weight excluding hydrogens is 296 g/mol. The predicted octanol–water partition coefficient (Wildman–Crippen LogP) is 2.88. The smallest absolute Gasteiger partial charge is 0.207 e. The molecule has 1 heterocycles. The minimum absolute atomic E-state index is 0.0833. The Morgan fingerprint density at radius 3 is 2.60 bits per heavy atom. The average Bonchev–Trinajstić information content (AvgIpc) is 2.41. The average molecular weight is 313 g/mol. The minimum atomic E-state index is -3.58. The first kappa shape index (κ1) is 15.3. The summed E-state index contributed by atoms with van der Waals surface area (Å²) in [5.41, 5.74) is 0.356. The molecule has 1 aliphatic rings. The zero-order valence-corrected chi connectivity index (χ0v) is 13.1. The number of nitriles is 1. The second-order valence-corrected chi connectivity index (χ2v) is 7.68. The zero-order valence-electron chi connectivity index (χ0n) is 11.5. The highest BCUT2D eigenvalue weighted by Crippen LogP contribution is 2.30. The Labute approximate surface area is 125 Å². The molecular formula is C14H17ClN2O2S. The van der Waals surface area contributed by atoms with E-state index in [-0.39, 0.29) is 9.92 Å². The van der Waals surface area contributed by atoms with Crippen molar-refractivity contribution < 1.29 is 8.42 Å². The molecule has 4 nitrogen and oxygen atoms in total. The van der Waals surface area contributed by atoms with Gasteiger partial charge < -0.3 is 0 Å². The molecule has 0 saturated carbocycles. The molecule has 1 aromatic rings. The predicted molar refractivity (Wildman–Crippen MR) is 77.9 cm³/mol. The third-order valence-corrected chi connectivity index (χ3v) is 6.32. The summed E-state index contributed by atoms with van der Waals surface area (Å²) in [5.74, 6) is 0.855. The number of halogens is 1. The highest BCUT2D eigenvalue weighted by atomic mass is 35.5. The molecule has 0 bridgehead atoms. The van der Waals surface area contributed by atoms with Gasteiger partial charge in [-0.15, -0.1) is 0 Å². The summed E-state index contributed by atoms with van der Waals surface area (Å²) in [7, 11) is -3.58. The van der Waals surface area contributed by atoms with Gasteiger partial charge in [-0.1, -0.05) is 25.4 Å². The Bertz CT molecular complexity index is 652. The lowest BCUT2D eigenvalue weighted by molar-refractivity contribution is 0.212. The number of hydrogen-bond donors (Lipinski definition) is 0. The van der Waals surface area contributed by atoms with Crippen LogP contribution in [0.15, 0.2) is 23.1 Å². The third kappa shape index (κ3) is 2.83. The Hall–Kier alpha value is -1.09. The molecule has 2 unspecified atom stereocenters. The van der Waals surface area contributed by atoms with Gasteiger partial charge in [0.2, 0.25) is 10.0 Å². The number of hydrogen-bond acceptors (Lipinski definition) is 3. The lowest BCUT2D eigenvalue weighted by Gasteiger charge is -2.34. The van der Waals surface area contributed by atoms with Gasteiger partial charge in [0, 0.05) is 13.1 Å². The molecule has 0 N–H and O–H groups in total. The van der Waals surface area contributed by atoms with Crippen LogP contribution in [0, 0.1) is 23.2 Å². The highest BCUT2D eigenvalue weighted by molar-refractivity contribution is 7.89. The molecule has 0 radical (unpaired) electrons. The first-order valence-electron chi connectivity index (χ1n) is 6.56. The molecule has 1 aliphatic heterocycles. The molecule has 1 saturated heterocycles. The van der Waals surface area contributed by atoms with Crippen molar-refractivity contribution in [3.63, 3.8) is 0 Å². The molecule has 20 heavy (non-hydrogen) atoms. The van der Waals surface area contributed by atoms with E-state index in [0.29, 0.717) is 30.5 Å². The topological polar surface area (TPSA) is 61.2 Å². The first-order chi connectivity index (χ1) is 9.36. The van der Waals surface area contributed by atoms with Crippen LogP contribution in [0.4, 0.5) is 0 Å². The van der Waals surface area contributed by atoms with E-state index in [1.807, 2.05) is 6.07 Å². The summed E-state index contributed by atoms with van der Waals surface area (Å²) in [5, 5.41) is 8.91. The molecule has 1 fully saturated rings. The molecule has 0 aromatic heterocycles. The van der Waals surface area contributed by atoms with Crippen LogP contribution in [0.25, 0.3) is 0 Å². The van der Waals surface area contributed by atoms with Crippen LogP contribution in [-0.4, -0.2) is 25.8 Å². The maximum atomic E-state index is 12.6. The van der Waals surface area contributed by atoms with Gasteiger partial charge in [-0.05, 0) is 36.5 Å². The van der Waals surface area contributed by atoms with Gasteiger partial charge in [-0.25, -0.2) is 8.42 Å². The Balaban J connectivity index is 2.34. The van der Waals surface area contributed by atoms with Crippen LogP contribution < -0.4 is 0 Å². The van der Waals surface area contributed by atoms with E-state index in [1.54, 1.807) is 0 Å². The molecule has 108 valence electrons. The van der Waals surface area contributed by atoms with Crippen LogP contribution >= 0.6 is 11.6 Å². The molecule has 6 heteroatoms. The van der Waals surface area contributed by atoms with Crippen LogP contribution in [0.1, 0.15) is 25.8 Å². The number of rotatable bonds is 2. The molecule has 2 rings (SSSR count). The second-order valence-electron chi connectivity index (χ2n) is 5.36. The first-order valence-corrected chi connectivity index (χ1v) is 8.38. The van der Waals surface area contributed by atoms with E-state index < -0.39 is 10.0 Å². The summed E-state index contributed by atoms with van der Waals surface area (Å²) >= 11 is 6.02. The van der Waals surface area contributed by atoms with E-state index in [2.05, 4.69) is 13.8 Å². The summed E-state index contributed by atoms with van der Waals surface area (Å²) in [4.78, 5) is 0.0833. The van der Waals surface area contributed by atoms with Crippen molar-refractivity contribution in [2.75, 3.05) is 13.1 Å². The number of piperidine rings is 1. The van der Waals surface area contributed by atoms with Crippen molar-refractivity contribution in [2.45, 2.75) is 25.2 Å². The maximum Gasteiger partial charge on any atom is 0.244 e. The number of nitrogens with zero attached hydrogens (tertiary/aromatic N) is 2. The normalized spacial score (nSPS) is 24.3. The van der Waals surface area contributed by atoms with Crippen molar-refractivity contribution >= 4 is 21.6 Å². The van der Waals surface area contributed by atoms with Gasteiger partial charge in [0.1, 0.15) is 4.90 Å². The highest BCUT2D eigenvalue weighted by Gasteiger charge is 2.32. The number of sulfonamides is 1. The van der Waals surface area contributed by atoms with Crippen molar-refractivity contribution in [3.8, 4) is 6.07 Å². The van der Waals surface area contributed by atoms with Gasteiger partial charge in [0.25, 0.3) is 0 Å². The summed E-state index contributed by atoms with van der Waals surface area (Å²) in [6.45, 7) is 5.24. The molecule has 1 aromatic carbocycles. The minimum Gasteiger partial charge on any atom is -0.207 e. The van der Waals surface area contributed by atoms with Gasteiger partial charge >= 0.3 is 0 Å². The monoisotopic (exact) mass is 312 g/mol.